The average molecular weight is 498 g/mol. The van der Waals surface area contributed by atoms with Gasteiger partial charge in [-0.15, -0.1) is 0 Å². The van der Waals surface area contributed by atoms with E-state index in [4.69, 9.17) is 0 Å². The standard InChI is InChI=1S/C23H24FN7O2S.CH4/c1-30(19-9-11-31(13-19)23-20-8-10-25-22(20)27-15-28-23)21-7-6-18(12-26-21)29-34(32,33)14-16-2-4-17(24)5-3-16;/h2-8,10,12,15,19,29H,9,11,13-14H2,1H3,(H,25,27,28);1H4/t19-;/m1./s1. The molecule has 4 heterocycles. The Labute approximate surface area is 204 Å². The summed E-state index contributed by atoms with van der Waals surface area (Å²) in [5.41, 5.74) is 1.70. The molecule has 0 amide bonds. The number of H-pyrrole nitrogens is 1. The first-order chi connectivity index (χ1) is 16.4. The molecule has 0 unspecified atom stereocenters. The fraction of sp³-hybridized carbons (Fsp3) is 0.292. The number of nitrogens with zero attached hydrogens (tertiary/aromatic N) is 5. The number of aromatic nitrogens is 4. The van der Waals surface area contributed by atoms with Crippen LogP contribution in [0.15, 0.2) is 61.2 Å². The number of rotatable bonds is 7. The van der Waals surface area contributed by atoms with Crippen molar-refractivity contribution in [1.82, 2.24) is 19.9 Å². The highest BCUT2D eigenvalue weighted by Gasteiger charge is 2.28. The number of aromatic amines is 1. The zero-order valence-corrected chi connectivity index (χ0v) is 19.3. The lowest BCUT2D eigenvalue weighted by Gasteiger charge is -2.26. The van der Waals surface area contributed by atoms with Crippen LogP contribution in [0, 0.1) is 5.82 Å². The van der Waals surface area contributed by atoms with Gasteiger partial charge < -0.3 is 14.8 Å². The summed E-state index contributed by atoms with van der Waals surface area (Å²) in [7, 11) is -1.66. The topological polar surface area (TPSA) is 107 Å². The lowest BCUT2D eigenvalue weighted by atomic mass is 10.2. The summed E-state index contributed by atoms with van der Waals surface area (Å²) >= 11 is 0. The lowest BCUT2D eigenvalue weighted by Crippen LogP contribution is -2.35. The predicted octanol–water partition coefficient (Wildman–Crippen LogP) is 3.79. The van der Waals surface area contributed by atoms with Crippen LogP contribution in [-0.4, -0.2) is 54.5 Å². The highest BCUT2D eigenvalue weighted by molar-refractivity contribution is 7.91. The summed E-state index contributed by atoms with van der Waals surface area (Å²) in [6.07, 6.45) is 5.89. The summed E-state index contributed by atoms with van der Waals surface area (Å²) in [4.78, 5) is 20.7. The van der Waals surface area contributed by atoms with Crippen molar-refractivity contribution < 1.29 is 12.8 Å². The summed E-state index contributed by atoms with van der Waals surface area (Å²) < 4.78 is 40.5. The molecule has 0 aliphatic carbocycles. The first-order valence-electron chi connectivity index (χ1n) is 10.8. The van der Waals surface area contributed by atoms with Gasteiger partial charge >= 0.3 is 0 Å². The van der Waals surface area contributed by atoms with Crippen LogP contribution < -0.4 is 14.5 Å². The van der Waals surface area contributed by atoms with E-state index in [2.05, 4.69) is 34.5 Å². The van der Waals surface area contributed by atoms with Gasteiger partial charge in [0.25, 0.3) is 0 Å². The molecule has 0 bridgehead atoms. The van der Waals surface area contributed by atoms with Gasteiger partial charge in [-0.1, -0.05) is 19.6 Å². The first kappa shape index (κ1) is 24.4. The van der Waals surface area contributed by atoms with Crippen LogP contribution in [-0.2, 0) is 15.8 Å². The third-order valence-electron chi connectivity index (χ3n) is 6.00. The van der Waals surface area contributed by atoms with E-state index < -0.39 is 15.8 Å². The molecule has 1 aromatic carbocycles. The predicted molar refractivity (Wildman–Crippen MR) is 137 cm³/mol. The lowest BCUT2D eigenvalue weighted by molar-refractivity contribution is 0.600. The SMILES string of the molecule is C.CN(c1ccc(NS(=O)(=O)Cc2ccc(F)cc2)cn1)[C@@H]1CCN(c2ncnc3[nH]ccc23)C1. The zero-order chi connectivity index (χ0) is 23.7. The Hall–Kier alpha value is -3.73. The van der Waals surface area contributed by atoms with Gasteiger partial charge in [-0.2, -0.15) is 0 Å². The van der Waals surface area contributed by atoms with Crippen molar-refractivity contribution in [3.05, 3.63) is 72.6 Å². The Bertz CT molecular complexity index is 1390. The Morgan fingerprint density at radius 1 is 1.14 bits per heavy atom. The van der Waals surface area contributed by atoms with E-state index in [1.54, 1.807) is 18.5 Å². The molecule has 9 nitrogen and oxygen atoms in total. The molecule has 1 fully saturated rings. The number of nitrogens with one attached hydrogen (secondary N) is 2. The normalized spacial score (nSPS) is 15.7. The van der Waals surface area contributed by atoms with Crippen LogP contribution in [0.4, 0.5) is 21.7 Å². The fourth-order valence-corrected chi connectivity index (χ4v) is 5.40. The van der Waals surface area contributed by atoms with Gasteiger partial charge in [0.05, 0.1) is 23.0 Å². The quantitative estimate of drug-likeness (QED) is 0.400. The van der Waals surface area contributed by atoms with E-state index in [-0.39, 0.29) is 19.2 Å². The van der Waals surface area contributed by atoms with E-state index >= 15 is 0 Å². The van der Waals surface area contributed by atoms with Crippen molar-refractivity contribution in [3.8, 4) is 0 Å². The van der Waals surface area contributed by atoms with Crippen molar-refractivity contribution >= 4 is 38.4 Å². The molecule has 35 heavy (non-hydrogen) atoms. The Balaban J connectivity index is 0.00000289. The molecule has 3 aromatic heterocycles. The fourth-order valence-electron chi connectivity index (χ4n) is 4.22. The number of hydrogen-bond acceptors (Lipinski definition) is 7. The van der Waals surface area contributed by atoms with Crippen LogP contribution in [0.1, 0.15) is 19.4 Å². The minimum atomic E-state index is -3.65. The minimum Gasteiger partial charge on any atom is -0.355 e. The number of halogens is 1. The number of fused-ring (bicyclic) bond motifs is 1. The molecule has 1 saturated heterocycles. The highest BCUT2D eigenvalue weighted by Crippen LogP contribution is 2.28. The Kier molecular flexibility index (Phi) is 6.88. The van der Waals surface area contributed by atoms with E-state index in [9.17, 15) is 12.8 Å². The Morgan fingerprint density at radius 2 is 1.94 bits per heavy atom. The van der Waals surface area contributed by atoms with Crippen LogP contribution in [0.25, 0.3) is 11.0 Å². The minimum absolute atomic E-state index is 0. The van der Waals surface area contributed by atoms with Gasteiger partial charge in [-0.25, -0.2) is 27.8 Å². The third-order valence-corrected chi connectivity index (χ3v) is 7.26. The van der Waals surface area contributed by atoms with Crippen molar-refractivity contribution in [1.29, 1.82) is 0 Å². The van der Waals surface area contributed by atoms with Crippen LogP contribution >= 0.6 is 0 Å². The molecule has 0 saturated carbocycles. The van der Waals surface area contributed by atoms with Gasteiger partial charge in [0.15, 0.2) is 0 Å². The molecular weight excluding hydrogens is 469 g/mol. The van der Waals surface area contributed by atoms with Gasteiger partial charge in [-0.05, 0) is 42.3 Å². The van der Waals surface area contributed by atoms with Gasteiger partial charge in [0, 0.05) is 32.4 Å². The molecule has 11 heteroatoms. The van der Waals surface area contributed by atoms with E-state index in [1.807, 2.05) is 19.3 Å². The maximum absolute atomic E-state index is 13.1. The zero-order valence-electron chi connectivity index (χ0n) is 18.5. The van der Waals surface area contributed by atoms with Crippen molar-refractivity contribution in [3.63, 3.8) is 0 Å². The van der Waals surface area contributed by atoms with Crippen molar-refractivity contribution in [2.75, 3.05) is 34.7 Å². The largest absolute Gasteiger partial charge is 0.355 e. The smallest absolute Gasteiger partial charge is 0.236 e. The summed E-state index contributed by atoms with van der Waals surface area (Å²) in [5, 5.41) is 1.00. The van der Waals surface area contributed by atoms with Gasteiger partial charge in [-0.3, -0.25) is 4.72 Å². The number of benzene rings is 1. The molecule has 1 aliphatic rings. The van der Waals surface area contributed by atoms with Crippen LogP contribution in [0.3, 0.4) is 0 Å². The van der Waals surface area contributed by atoms with E-state index in [0.29, 0.717) is 11.3 Å². The third kappa shape index (κ3) is 5.35. The van der Waals surface area contributed by atoms with E-state index in [1.165, 1.54) is 30.5 Å². The highest BCUT2D eigenvalue weighted by atomic mass is 32.2. The molecule has 4 aromatic rings. The molecule has 1 atom stereocenters. The maximum atomic E-state index is 13.1. The Morgan fingerprint density at radius 3 is 2.69 bits per heavy atom. The second kappa shape index (κ2) is 9.87. The van der Waals surface area contributed by atoms with Crippen LogP contribution in [0.5, 0.6) is 0 Å². The number of sulfonamides is 1. The molecule has 5 rings (SSSR count). The van der Waals surface area contributed by atoms with E-state index in [0.717, 1.165) is 42.2 Å². The number of hydrogen-bond donors (Lipinski definition) is 2. The van der Waals surface area contributed by atoms with Crippen molar-refractivity contribution in [2.45, 2.75) is 25.6 Å². The average Bonchev–Trinajstić information content (AvgIpc) is 3.50. The van der Waals surface area contributed by atoms with Crippen molar-refractivity contribution in [2.24, 2.45) is 0 Å². The molecule has 1 aliphatic heterocycles. The number of anilines is 3. The summed E-state index contributed by atoms with van der Waals surface area (Å²) in [6.45, 7) is 1.66. The summed E-state index contributed by atoms with van der Waals surface area (Å²) in [6, 6.07) is 11.1. The molecule has 0 spiro atoms. The van der Waals surface area contributed by atoms with Gasteiger partial charge in [0.2, 0.25) is 10.0 Å². The second-order valence-corrected chi connectivity index (χ2v) is 10.1. The molecule has 0 radical (unpaired) electrons. The summed E-state index contributed by atoms with van der Waals surface area (Å²) in [5.74, 6) is 1.02. The maximum Gasteiger partial charge on any atom is 0.236 e. The molecular formula is C24H28FN7O2S. The van der Waals surface area contributed by atoms with Gasteiger partial charge in [0.1, 0.15) is 29.4 Å². The second-order valence-electron chi connectivity index (χ2n) is 8.33. The van der Waals surface area contributed by atoms with Crippen LogP contribution in [0.2, 0.25) is 0 Å². The number of pyridine rings is 1. The number of likely N-dealkylation sites (N-methyl/N-ethyl adjacent to an activating group) is 1. The molecule has 2 N–H and O–H groups in total. The first-order valence-corrected chi connectivity index (χ1v) is 12.5. The monoisotopic (exact) mass is 497 g/mol. The molecule has 184 valence electrons.